The molecule has 5 nitrogen and oxygen atoms in total. The fraction of sp³-hybridized carbons (Fsp3) is 0.417. The van der Waals surface area contributed by atoms with E-state index in [0.29, 0.717) is 12.1 Å². The lowest BCUT2D eigenvalue weighted by atomic mass is 10.0. The van der Waals surface area contributed by atoms with Crippen molar-refractivity contribution in [2.75, 3.05) is 23.3 Å². The zero-order valence-corrected chi connectivity index (χ0v) is 17.0. The van der Waals surface area contributed by atoms with Gasteiger partial charge in [-0.1, -0.05) is 24.3 Å². The molecule has 0 atom stereocenters. The van der Waals surface area contributed by atoms with Gasteiger partial charge in [0.2, 0.25) is 5.91 Å². The molecular weight excluding hydrogens is 362 g/mol. The molecule has 4 rings (SSSR count). The summed E-state index contributed by atoms with van der Waals surface area (Å²) in [5.74, 6) is 0.172. The Morgan fingerprint density at radius 3 is 2.52 bits per heavy atom. The van der Waals surface area contributed by atoms with Crippen LogP contribution in [0.4, 0.5) is 11.4 Å². The van der Waals surface area contributed by atoms with Gasteiger partial charge in [0.05, 0.1) is 11.3 Å². The molecule has 2 aromatic rings. The molecule has 0 radical (unpaired) electrons. The van der Waals surface area contributed by atoms with Gasteiger partial charge in [-0.2, -0.15) is 0 Å². The average molecular weight is 392 g/mol. The smallest absolute Gasteiger partial charge is 0.253 e. The molecule has 152 valence electrons. The van der Waals surface area contributed by atoms with Crippen LogP contribution in [0.5, 0.6) is 0 Å². The molecule has 0 aromatic heterocycles. The van der Waals surface area contributed by atoms with Crippen LogP contribution in [-0.2, 0) is 11.3 Å². The van der Waals surface area contributed by atoms with Gasteiger partial charge in [0.15, 0.2) is 0 Å². The number of amides is 2. The quantitative estimate of drug-likeness (QED) is 0.773. The van der Waals surface area contributed by atoms with Crippen molar-refractivity contribution >= 4 is 23.2 Å². The fourth-order valence-corrected chi connectivity index (χ4v) is 3.87. The van der Waals surface area contributed by atoms with Crippen LogP contribution in [0.15, 0.2) is 42.5 Å². The molecule has 2 N–H and O–H groups in total. The van der Waals surface area contributed by atoms with Crippen molar-refractivity contribution in [1.82, 2.24) is 5.32 Å². The number of hydrogen-bond donors (Lipinski definition) is 2. The van der Waals surface area contributed by atoms with Crippen LogP contribution in [0.25, 0.3) is 0 Å². The predicted octanol–water partition coefficient (Wildman–Crippen LogP) is 4.26. The number of nitrogens with one attached hydrogen (secondary N) is 2. The minimum absolute atomic E-state index is 0.0751. The number of piperidine rings is 1. The maximum atomic E-state index is 13.0. The summed E-state index contributed by atoms with van der Waals surface area (Å²) in [5, 5.41) is 6.09. The molecule has 1 saturated heterocycles. The summed E-state index contributed by atoms with van der Waals surface area (Å²) in [7, 11) is 0. The number of anilines is 2. The highest BCUT2D eigenvalue weighted by atomic mass is 16.2. The monoisotopic (exact) mass is 391 g/mol. The Bertz CT molecular complexity index is 899. The second-order valence-electron chi connectivity index (χ2n) is 8.15. The van der Waals surface area contributed by atoms with Crippen molar-refractivity contribution < 1.29 is 9.59 Å². The summed E-state index contributed by atoms with van der Waals surface area (Å²) < 4.78 is 0. The van der Waals surface area contributed by atoms with Crippen LogP contribution in [0.1, 0.15) is 53.6 Å². The molecule has 5 heteroatoms. The molecule has 2 fully saturated rings. The molecule has 29 heavy (non-hydrogen) atoms. The molecule has 1 aliphatic carbocycles. The first kappa shape index (κ1) is 19.5. The second-order valence-corrected chi connectivity index (χ2v) is 8.15. The van der Waals surface area contributed by atoms with Gasteiger partial charge in [-0.15, -0.1) is 0 Å². The number of benzene rings is 2. The first-order chi connectivity index (χ1) is 14.1. The molecule has 0 spiro atoms. The number of nitrogens with zero attached hydrogens (tertiary/aromatic N) is 1. The Morgan fingerprint density at radius 2 is 1.79 bits per heavy atom. The molecule has 1 heterocycles. The number of hydrogen-bond acceptors (Lipinski definition) is 3. The van der Waals surface area contributed by atoms with Crippen molar-refractivity contribution in [2.45, 2.75) is 45.6 Å². The van der Waals surface area contributed by atoms with E-state index in [1.165, 1.54) is 12.0 Å². The molecule has 2 aromatic carbocycles. The van der Waals surface area contributed by atoms with Gasteiger partial charge in [-0.3, -0.25) is 9.59 Å². The normalized spacial score (nSPS) is 16.4. The molecule has 0 unspecified atom stereocenters. The van der Waals surface area contributed by atoms with Crippen LogP contribution in [0, 0.1) is 12.8 Å². The van der Waals surface area contributed by atoms with E-state index in [1.54, 1.807) is 0 Å². The van der Waals surface area contributed by atoms with Crippen molar-refractivity contribution in [3.05, 3.63) is 59.2 Å². The van der Waals surface area contributed by atoms with Crippen LogP contribution in [0.2, 0.25) is 0 Å². The van der Waals surface area contributed by atoms with Crippen LogP contribution in [-0.4, -0.2) is 24.9 Å². The van der Waals surface area contributed by atoms with E-state index in [-0.39, 0.29) is 17.7 Å². The lowest BCUT2D eigenvalue weighted by molar-refractivity contribution is -0.117. The van der Waals surface area contributed by atoms with Crippen LogP contribution in [0.3, 0.4) is 0 Å². The van der Waals surface area contributed by atoms with Crippen molar-refractivity contribution in [2.24, 2.45) is 5.92 Å². The average Bonchev–Trinajstić information content (AvgIpc) is 3.59. The number of aryl methyl sites for hydroxylation is 1. The van der Waals surface area contributed by atoms with E-state index >= 15 is 0 Å². The van der Waals surface area contributed by atoms with Gasteiger partial charge in [0.1, 0.15) is 0 Å². The van der Waals surface area contributed by atoms with Gasteiger partial charge in [0.25, 0.3) is 5.91 Å². The van der Waals surface area contributed by atoms with Crippen molar-refractivity contribution in [1.29, 1.82) is 0 Å². The molecule has 1 aliphatic heterocycles. The third kappa shape index (κ3) is 4.78. The highest BCUT2D eigenvalue weighted by Crippen LogP contribution is 2.32. The Labute approximate surface area is 172 Å². The van der Waals surface area contributed by atoms with Crippen LogP contribution < -0.4 is 15.5 Å². The lowest BCUT2D eigenvalue weighted by Gasteiger charge is -2.30. The van der Waals surface area contributed by atoms with E-state index in [2.05, 4.69) is 28.5 Å². The number of rotatable bonds is 6. The maximum absolute atomic E-state index is 13.0. The third-order valence-electron chi connectivity index (χ3n) is 5.86. The minimum Gasteiger partial charge on any atom is -0.371 e. The van der Waals surface area contributed by atoms with E-state index in [4.69, 9.17) is 0 Å². The highest BCUT2D eigenvalue weighted by Gasteiger charge is 2.30. The number of carbonyl (C=O) groups is 2. The molecule has 2 amide bonds. The Morgan fingerprint density at radius 1 is 1.03 bits per heavy atom. The van der Waals surface area contributed by atoms with E-state index in [9.17, 15) is 9.59 Å². The van der Waals surface area contributed by atoms with Crippen molar-refractivity contribution in [3.63, 3.8) is 0 Å². The molecule has 1 saturated carbocycles. The standard InChI is InChI=1S/C24H29N3O2/c1-17-7-3-4-8-19(17)16-25-24(29)21-12-11-20(26-23(28)18-9-10-18)15-22(21)27-13-5-2-6-14-27/h3-4,7-8,11-12,15,18H,2,5-6,9-10,13-14,16H2,1H3,(H,25,29)(H,26,28). The van der Waals surface area contributed by atoms with Gasteiger partial charge in [-0.05, 0) is 68.4 Å². The van der Waals surface area contributed by atoms with Gasteiger partial charge < -0.3 is 15.5 Å². The fourth-order valence-electron chi connectivity index (χ4n) is 3.87. The summed E-state index contributed by atoms with van der Waals surface area (Å²) in [6, 6.07) is 13.7. The van der Waals surface area contributed by atoms with E-state index in [0.717, 1.165) is 55.7 Å². The molecule has 0 bridgehead atoms. The third-order valence-corrected chi connectivity index (χ3v) is 5.86. The summed E-state index contributed by atoms with van der Waals surface area (Å²) in [6.45, 7) is 4.44. The predicted molar refractivity (Wildman–Crippen MR) is 116 cm³/mol. The zero-order chi connectivity index (χ0) is 20.2. The summed E-state index contributed by atoms with van der Waals surface area (Å²) in [4.78, 5) is 27.5. The number of carbonyl (C=O) groups excluding carboxylic acids is 2. The van der Waals surface area contributed by atoms with Gasteiger partial charge >= 0.3 is 0 Å². The van der Waals surface area contributed by atoms with Crippen LogP contribution >= 0.6 is 0 Å². The summed E-state index contributed by atoms with van der Waals surface area (Å²) in [5.41, 5.74) is 4.65. The maximum Gasteiger partial charge on any atom is 0.253 e. The Kier molecular flexibility index (Phi) is 5.84. The topological polar surface area (TPSA) is 61.4 Å². The van der Waals surface area contributed by atoms with E-state index in [1.807, 2.05) is 36.4 Å². The largest absolute Gasteiger partial charge is 0.371 e. The van der Waals surface area contributed by atoms with Gasteiger partial charge in [-0.25, -0.2) is 0 Å². The first-order valence-corrected chi connectivity index (χ1v) is 10.6. The highest BCUT2D eigenvalue weighted by molar-refractivity contribution is 6.02. The van der Waals surface area contributed by atoms with Gasteiger partial charge in [0, 0.05) is 31.2 Å². The summed E-state index contributed by atoms with van der Waals surface area (Å²) >= 11 is 0. The first-order valence-electron chi connectivity index (χ1n) is 10.6. The lowest BCUT2D eigenvalue weighted by Crippen LogP contribution is -2.33. The molecule has 2 aliphatic rings. The second kappa shape index (κ2) is 8.68. The SMILES string of the molecule is Cc1ccccc1CNC(=O)c1ccc(NC(=O)C2CC2)cc1N1CCCCC1. The Hall–Kier alpha value is -2.82. The molecular formula is C24H29N3O2. The van der Waals surface area contributed by atoms with Crippen molar-refractivity contribution in [3.8, 4) is 0 Å². The minimum atomic E-state index is -0.0751. The van der Waals surface area contributed by atoms with E-state index < -0.39 is 0 Å². The zero-order valence-electron chi connectivity index (χ0n) is 17.0. The Balaban J connectivity index is 1.54. The summed E-state index contributed by atoms with van der Waals surface area (Å²) in [6.07, 6.45) is 5.43.